The maximum atomic E-state index is 13.4. The maximum Gasteiger partial charge on any atom is 0.296 e. The molecule has 0 saturated carbocycles. The van der Waals surface area contributed by atoms with E-state index in [1.165, 1.54) is 15.7 Å². The van der Waals surface area contributed by atoms with E-state index in [9.17, 15) is 9.59 Å². The van der Waals surface area contributed by atoms with Crippen molar-refractivity contribution in [1.82, 2.24) is 19.6 Å². The number of fused-ring (bicyclic) bond motifs is 1. The number of nitrogens with one attached hydrogen (secondary N) is 1. The Labute approximate surface area is 207 Å². The first kappa shape index (κ1) is 23.1. The van der Waals surface area contributed by atoms with E-state index in [1.54, 1.807) is 19.1 Å². The lowest BCUT2D eigenvalue weighted by molar-refractivity contribution is 0.0956. The van der Waals surface area contributed by atoms with Gasteiger partial charge in [0.05, 0.1) is 25.1 Å². The van der Waals surface area contributed by atoms with Gasteiger partial charge in [-0.05, 0) is 49.2 Å². The van der Waals surface area contributed by atoms with Gasteiger partial charge in [-0.15, -0.1) is 0 Å². The molecule has 3 heterocycles. The van der Waals surface area contributed by atoms with E-state index in [2.05, 4.69) is 15.1 Å². The summed E-state index contributed by atoms with van der Waals surface area (Å²) in [6, 6.07) is 20.4. The van der Waals surface area contributed by atoms with Crippen molar-refractivity contribution in [3.8, 4) is 5.75 Å². The van der Waals surface area contributed by atoms with Gasteiger partial charge in [0.2, 0.25) is 5.95 Å². The molecule has 182 valence electrons. The molecule has 5 rings (SSSR count). The van der Waals surface area contributed by atoms with Crippen LogP contribution in [0.3, 0.4) is 0 Å². The highest BCUT2D eigenvalue weighted by Crippen LogP contribution is 2.20. The van der Waals surface area contributed by atoms with Gasteiger partial charge in [0.25, 0.3) is 17.2 Å². The van der Waals surface area contributed by atoms with Gasteiger partial charge in [0, 0.05) is 12.0 Å². The average molecular weight is 484 g/mol. The number of furan rings is 1. The van der Waals surface area contributed by atoms with Crippen LogP contribution in [0.4, 0.5) is 5.95 Å². The summed E-state index contributed by atoms with van der Waals surface area (Å²) in [6.07, 6.45) is 1.88. The molecule has 0 saturated heterocycles. The molecule has 9 nitrogen and oxygen atoms in total. The molecule has 0 spiro atoms. The van der Waals surface area contributed by atoms with Crippen molar-refractivity contribution in [1.29, 1.82) is 0 Å². The number of carbonyl (C=O) groups excluding carboxylic acids is 1. The molecule has 9 heteroatoms. The van der Waals surface area contributed by atoms with Crippen LogP contribution in [-0.2, 0) is 13.0 Å². The van der Waals surface area contributed by atoms with Crippen LogP contribution in [0, 0.1) is 6.92 Å². The predicted octanol–water partition coefficient (Wildman–Crippen LogP) is 4.16. The van der Waals surface area contributed by atoms with Gasteiger partial charge < -0.3 is 9.15 Å². The summed E-state index contributed by atoms with van der Waals surface area (Å²) in [5.74, 6) is 0.871. The Morgan fingerprint density at radius 3 is 2.50 bits per heavy atom. The minimum Gasteiger partial charge on any atom is -0.494 e. The highest BCUT2D eigenvalue weighted by molar-refractivity contribution is 6.03. The molecule has 0 atom stereocenters. The van der Waals surface area contributed by atoms with Crippen LogP contribution >= 0.6 is 0 Å². The van der Waals surface area contributed by atoms with E-state index in [0.717, 1.165) is 16.9 Å². The van der Waals surface area contributed by atoms with Crippen LogP contribution in [0.5, 0.6) is 5.75 Å². The topological polar surface area (TPSA) is 106 Å². The number of carbonyl (C=O) groups is 1. The Bertz CT molecular complexity index is 1540. The third-order valence-corrected chi connectivity index (χ3v) is 5.81. The predicted molar refractivity (Wildman–Crippen MR) is 134 cm³/mol. The smallest absolute Gasteiger partial charge is 0.296 e. The monoisotopic (exact) mass is 483 g/mol. The Kier molecular flexibility index (Phi) is 6.36. The molecule has 0 unspecified atom stereocenters. The molecule has 0 aliphatic heterocycles. The van der Waals surface area contributed by atoms with Crippen LogP contribution in [0.2, 0.25) is 0 Å². The van der Waals surface area contributed by atoms with E-state index < -0.39 is 5.91 Å². The largest absolute Gasteiger partial charge is 0.494 e. The summed E-state index contributed by atoms with van der Waals surface area (Å²) in [7, 11) is 0. The molecule has 1 amide bonds. The van der Waals surface area contributed by atoms with E-state index in [-0.39, 0.29) is 29.6 Å². The van der Waals surface area contributed by atoms with Gasteiger partial charge >= 0.3 is 0 Å². The van der Waals surface area contributed by atoms with Gasteiger partial charge in [-0.25, -0.2) is 4.98 Å². The van der Waals surface area contributed by atoms with Crippen LogP contribution in [-0.4, -0.2) is 32.1 Å². The zero-order chi connectivity index (χ0) is 25.1. The van der Waals surface area contributed by atoms with Crippen molar-refractivity contribution < 1.29 is 13.9 Å². The number of H-pyrrole nitrogens is 1. The molecule has 0 radical (unpaired) electrons. The lowest BCUT2D eigenvalue weighted by atomic mass is 10.1. The number of benzene rings is 2. The van der Waals surface area contributed by atoms with Crippen LogP contribution < -0.4 is 15.2 Å². The zero-order valence-electron chi connectivity index (χ0n) is 20.0. The fourth-order valence-electron chi connectivity index (χ4n) is 3.98. The summed E-state index contributed by atoms with van der Waals surface area (Å²) in [6.45, 7) is 4.47. The van der Waals surface area contributed by atoms with E-state index in [0.29, 0.717) is 24.3 Å². The Hall–Kier alpha value is -4.66. The van der Waals surface area contributed by atoms with Gasteiger partial charge in [0.1, 0.15) is 5.75 Å². The van der Waals surface area contributed by atoms with Crippen molar-refractivity contribution in [3.05, 3.63) is 111 Å². The van der Waals surface area contributed by atoms with Gasteiger partial charge in [-0.1, -0.05) is 42.5 Å². The summed E-state index contributed by atoms with van der Waals surface area (Å²) in [5.41, 5.74) is 2.75. The minimum atomic E-state index is -0.401. The number of hydrogen-bond acceptors (Lipinski definition) is 6. The lowest BCUT2D eigenvalue weighted by Crippen LogP contribution is -2.31. The van der Waals surface area contributed by atoms with Crippen molar-refractivity contribution in [2.75, 3.05) is 11.5 Å². The van der Waals surface area contributed by atoms with Crippen LogP contribution in [0.15, 0.2) is 82.2 Å². The zero-order valence-corrected chi connectivity index (χ0v) is 20.0. The molecule has 3 aromatic heterocycles. The summed E-state index contributed by atoms with van der Waals surface area (Å²) in [5, 5.41) is 2.98. The lowest BCUT2D eigenvalue weighted by Gasteiger charge is -2.18. The molecule has 0 aliphatic carbocycles. The Morgan fingerprint density at radius 2 is 1.81 bits per heavy atom. The first-order valence-electron chi connectivity index (χ1n) is 11.6. The maximum absolute atomic E-state index is 13.4. The van der Waals surface area contributed by atoms with Crippen LogP contribution in [0.1, 0.15) is 39.9 Å². The highest BCUT2D eigenvalue weighted by Gasteiger charge is 2.25. The first-order valence-corrected chi connectivity index (χ1v) is 11.6. The summed E-state index contributed by atoms with van der Waals surface area (Å²) >= 11 is 0. The number of rotatable bonds is 8. The molecule has 1 N–H and O–H groups in total. The SMILES string of the molecule is CCOc1ccc(CN(C(=O)c2ccco2)c2nc3nc(C)c(Cc4ccccc4)c(=O)n3[nH]2)cc1. The number of amides is 1. The number of nitrogens with zero attached hydrogens (tertiary/aromatic N) is 4. The third-order valence-electron chi connectivity index (χ3n) is 5.81. The van der Waals surface area contributed by atoms with Crippen LogP contribution in [0.25, 0.3) is 5.78 Å². The number of hydrogen-bond donors (Lipinski definition) is 1. The van der Waals surface area contributed by atoms with E-state index >= 15 is 0 Å². The van der Waals surface area contributed by atoms with Crippen molar-refractivity contribution in [3.63, 3.8) is 0 Å². The second-order valence-electron chi connectivity index (χ2n) is 8.27. The Morgan fingerprint density at radius 1 is 1.03 bits per heavy atom. The Balaban J connectivity index is 1.53. The molecule has 0 bridgehead atoms. The first-order chi connectivity index (χ1) is 17.5. The molecule has 0 aliphatic rings. The van der Waals surface area contributed by atoms with Crippen molar-refractivity contribution in [2.24, 2.45) is 0 Å². The van der Waals surface area contributed by atoms with Gasteiger partial charge in [0.15, 0.2) is 5.76 Å². The summed E-state index contributed by atoms with van der Waals surface area (Å²) < 4.78 is 12.1. The normalized spacial score (nSPS) is 11.1. The number of anilines is 1. The molecule has 36 heavy (non-hydrogen) atoms. The standard InChI is InChI=1S/C27H25N5O4/c1-3-35-21-13-11-20(12-14-21)17-31(25(34)23-10-7-15-36-23)27-29-26-28-18(2)22(24(33)32(26)30-27)16-19-8-5-4-6-9-19/h4-15H,3,16-17H2,1-2H3,(H,28,29,30). The quantitative estimate of drug-likeness (QED) is 0.355. The highest BCUT2D eigenvalue weighted by atomic mass is 16.5. The fraction of sp³-hybridized carbons (Fsp3) is 0.185. The van der Waals surface area contributed by atoms with Gasteiger partial charge in [-0.2, -0.15) is 9.50 Å². The van der Waals surface area contributed by atoms with Crippen molar-refractivity contribution in [2.45, 2.75) is 26.8 Å². The number of aromatic nitrogens is 4. The number of aryl methyl sites for hydroxylation is 1. The third kappa shape index (κ3) is 4.63. The number of ether oxygens (including phenoxy) is 1. The second-order valence-corrected chi connectivity index (χ2v) is 8.27. The summed E-state index contributed by atoms with van der Waals surface area (Å²) in [4.78, 5) is 37.2. The van der Waals surface area contributed by atoms with Crippen molar-refractivity contribution >= 4 is 17.6 Å². The van der Waals surface area contributed by atoms with E-state index in [1.807, 2.05) is 61.5 Å². The molecular weight excluding hydrogens is 458 g/mol. The number of aromatic amines is 1. The van der Waals surface area contributed by atoms with E-state index in [4.69, 9.17) is 9.15 Å². The fourth-order valence-corrected chi connectivity index (χ4v) is 3.98. The molecule has 5 aromatic rings. The van der Waals surface area contributed by atoms with Gasteiger partial charge in [-0.3, -0.25) is 19.6 Å². The minimum absolute atomic E-state index is 0.155. The molecular formula is C27H25N5O4. The molecule has 2 aromatic carbocycles. The second kappa shape index (κ2) is 9.91. The molecule has 0 fully saturated rings. The average Bonchev–Trinajstić information content (AvgIpc) is 3.57.